The van der Waals surface area contributed by atoms with Crippen molar-refractivity contribution in [1.82, 2.24) is 9.88 Å². The quantitative estimate of drug-likeness (QED) is 0.867. The molecule has 1 aromatic carbocycles. The maximum atomic E-state index is 11.5. The maximum Gasteiger partial charge on any atom is 0.138 e. The van der Waals surface area contributed by atoms with E-state index in [2.05, 4.69) is 26.9 Å². The lowest BCUT2D eigenvalue weighted by Crippen LogP contribution is -2.53. The largest absolute Gasteiger partial charge is 0.397 e. The van der Waals surface area contributed by atoms with Crippen molar-refractivity contribution in [3.05, 3.63) is 54.2 Å². The van der Waals surface area contributed by atoms with Crippen molar-refractivity contribution in [3.63, 3.8) is 0 Å². The fraction of sp³-hybridized carbons (Fsp3) is 0.294. The number of rotatable bonds is 4. The molecular weight excluding hydrogens is 276 g/mol. The number of carbonyl (C=O) groups is 1. The molecule has 1 unspecified atom stereocenters. The second kappa shape index (κ2) is 6.58. The van der Waals surface area contributed by atoms with Crippen LogP contribution in [0, 0.1) is 0 Å². The van der Waals surface area contributed by atoms with Crippen LogP contribution in [-0.4, -0.2) is 41.8 Å². The van der Waals surface area contributed by atoms with Crippen molar-refractivity contribution in [2.45, 2.75) is 12.6 Å². The van der Waals surface area contributed by atoms with E-state index >= 15 is 0 Å². The van der Waals surface area contributed by atoms with Gasteiger partial charge >= 0.3 is 0 Å². The average Bonchev–Trinajstić information content (AvgIpc) is 2.57. The van der Waals surface area contributed by atoms with Gasteiger partial charge in [-0.2, -0.15) is 0 Å². The maximum absolute atomic E-state index is 11.5. The lowest BCUT2D eigenvalue weighted by Gasteiger charge is -2.39. The Hall–Kier alpha value is -2.40. The second-order valence-corrected chi connectivity index (χ2v) is 5.56. The van der Waals surface area contributed by atoms with Crippen molar-refractivity contribution >= 4 is 17.8 Å². The van der Waals surface area contributed by atoms with Crippen LogP contribution in [0.2, 0.25) is 0 Å². The van der Waals surface area contributed by atoms with E-state index in [4.69, 9.17) is 5.73 Å². The molecule has 0 radical (unpaired) electrons. The van der Waals surface area contributed by atoms with E-state index in [1.54, 1.807) is 6.20 Å². The Morgan fingerprint density at radius 2 is 2.00 bits per heavy atom. The van der Waals surface area contributed by atoms with E-state index in [0.717, 1.165) is 31.7 Å². The summed E-state index contributed by atoms with van der Waals surface area (Å²) in [6, 6.07) is 13.9. The number of aromatic nitrogens is 1. The minimum atomic E-state index is -0.117. The Labute approximate surface area is 130 Å². The van der Waals surface area contributed by atoms with Gasteiger partial charge in [0, 0.05) is 26.2 Å². The van der Waals surface area contributed by atoms with E-state index in [1.165, 1.54) is 5.56 Å². The molecule has 0 aliphatic carbocycles. The first kappa shape index (κ1) is 14.5. The zero-order valence-corrected chi connectivity index (χ0v) is 12.4. The molecule has 1 aliphatic rings. The van der Waals surface area contributed by atoms with Crippen LogP contribution in [0.3, 0.4) is 0 Å². The number of nitrogens with zero attached hydrogens (tertiary/aromatic N) is 3. The molecule has 22 heavy (non-hydrogen) atoms. The third-order valence-corrected chi connectivity index (χ3v) is 4.01. The zero-order valence-electron chi connectivity index (χ0n) is 12.4. The van der Waals surface area contributed by atoms with Crippen LogP contribution in [0.5, 0.6) is 0 Å². The van der Waals surface area contributed by atoms with Crippen molar-refractivity contribution < 1.29 is 4.79 Å². The van der Waals surface area contributed by atoms with Crippen molar-refractivity contribution in [3.8, 4) is 0 Å². The van der Waals surface area contributed by atoms with E-state index in [-0.39, 0.29) is 6.04 Å². The number of carbonyl (C=O) groups excluding carboxylic acids is 1. The van der Waals surface area contributed by atoms with Crippen molar-refractivity contribution in [1.29, 1.82) is 0 Å². The van der Waals surface area contributed by atoms with Crippen molar-refractivity contribution in [2.75, 3.05) is 30.3 Å². The number of nitrogens with two attached hydrogens (primary N) is 1. The highest BCUT2D eigenvalue weighted by molar-refractivity contribution is 5.60. The average molecular weight is 296 g/mol. The highest BCUT2D eigenvalue weighted by atomic mass is 16.1. The molecule has 1 aliphatic heterocycles. The van der Waals surface area contributed by atoms with Crippen LogP contribution < -0.4 is 10.6 Å². The van der Waals surface area contributed by atoms with Crippen LogP contribution in [0.1, 0.15) is 5.56 Å². The Bertz CT molecular complexity index is 614. The molecule has 1 aromatic heterocycles. The van der Waals surface area contributed by atoms with Gasteiger partial charge in [0.05, 0.1) is 17.9 Å². The summed E-state index contributed by atoms with van der Waals surface area (Å²) in [7, 11) is 0. The minimum absolute atomic E-state index is 0.117. The Morgan fingerprint density at radius 3 is 2.68 bits per heavy atom. The van der Waals surface area contributed by atoms with Gasteiger partial charge in [0.25, 0.3) is 0 Å². The fourth-order valence-electron chi connectivity index (χ4n) is 2.78. The molecule has 0 bridgehead atoms. The van der Waals surface area contributed by atoms with E-state index in [0.29, 0.717) is 12.2 Å². The molecule has 1 fully saturated rings. The highest BCUT2D eigenvalue weighted by Crippen LogP contribution is 2.19. The summed E-state index contributed by atoms with van der Waals surface area (Å²) in [6.45, 7) is 3.15. The van der Waals surface area contributed by atoms with Gasteiger partial charge in [-0.25, -0.2) is 4.98 Å². The molecule has 0 saturated carbocycles. The lowest BCUT2D eigenvalue weighted by molar-refractivity contribution is -0.112. The monoisotopic (exact) mass is 296 g/mol. The van der Waals surface area contributed by atoms with Crippen LogP contribution >= 0.6 is 0 Å². The molecule has 5 heteroatoms. The zero-order chi connectivity index (χ0) is 15.4. The normalized spacial score (nSPS) is 19.1. The topological polar surface area (TPSA) is 62.5 Å². The SMILES string of the molecule is Nc1ccc(N2CCN(Cc3ccccc3)C(C=O)C2)nc1. The number of hydrogen-bond donors (Lipinski definition) is 1. The highest BCUT2D eigenvalue weighted by Gasteiger charge is 2.27. The Balaban J connectivity index is 1.68. The van der Waals surface area contributed by atoms with Gasteiger partial charge in [0.15, 0.2) is 0 Å². The van der Waals surface area contributed by atoms with Gasteiger partial charge in [-0.1, -0.05) is 30.3 Å². The lowest BCUT2D eigenvalue weighted by atomic mass is 10.1. The van der Waals surface area contributed by atoms with Gasteiger partial charge in [-0.3, -0.25) is 4.90 Å². The molecule has 0 spiro atoms. The third kappa shape index (κ3) is 3.26. The number of hydrogen-bond acceptors (Lipinski definition) is 5. The Morgan fingerprint density at radius 1 is 1.18 bits per heavy atom. The number of piperazine rings is 1. The van der Waals surface area contributed by atoms with Crippen molar-refractivity contribution in [2.24, 2.45) is 0 Å². The molecule has 1 saturated heterocycles. The molecular formula is C17H20N4O. The summed E-state index contributed by atoms with van der Waals surface area (Å²) in [5.41, 5.74) is 7.55. The number of pyridine rings is 1. The molecule has 2 N–H and O–H groups in total. The minimum Gasteiger partial charge on any atom is -0.397 e. The molecule has 2 heterocycles. The number of nitrogen functional groups attached to an aromatic ring is 1. The smallest absolute Gasteiger partial charge is 0.138 e. The summed E-state index contributed by atoms with van der Waals surface area (Å²) in [5.74, 6) is 0.875. The molecule has 114 valence electrons. The van der Waals surface area contributed by atoms with Gasteiger partial charge in [-0.15, -0.1) is 0 Å². The summed E-state index contributed by atoms with van der Waals surface area (Å²) >= 11 is 0. The first-order valence-electron chi connectivity index (χ1n) is 7.46. The van der Waals surface area contributed by atoms with Gasteiger partial charge in [0.2, 0.25) is 0 Å². The van der Waals surface area contributed by atoms with Crippen LogP contribution in [0.15, 0.2) is 48.7 Å². The van der Waals surface area contributed by atoms with Gasteiger partial charge < -0.3 is 15.4 Å². The van der Waals surface area contributed by atoms with Crippen LogP contribution in [0.25, 0.3) is 0 Å². The molecule has 3 rings (SSSR count). The van der Waals surface area contributed by atoms with E-state index in [1.807, 2.05) is 30.3 Å². The molecule has 5 nitrogen and oxygen atoms in total. The first-order valence-corrected chi connectivity index (χ1v) is 7.46. The molecule has 2 aromatic rings. The van der Waals surface area contributed by atoms with Gasteiger partial charge in [0.1, 0.15) is 12.1 Å². The summed E-state index contributed by atoms with van der Waals surface area (Å²) < 4.78 is 0. The predicted molar refractivity (Wildman–Crippen MR) is 87.6 cm³/mol. The number of benzene rings is 1. The fourth-order valence-corrected chi connectivity index (χ4v) is 2.78. The number of aldehydes is 1. The standard InChI is InChI=1S/C17H20N4O/c18-15-6-7-17(19-10-15)21-9-8-20(16(12-21)13-22)11-14-4-2-1-3-5-14/h1-7,10,13,16H,8-9,11-12,18H2. The number of anilines is 2. The summed E-state index contributed by atoms with van der Waals surface area (Å²) in [4.78, 5) is 20.2. The van der Waals surface area contributed by atoms with E-state index in [9.17, 15) is 4.79 Å². The first-order chi connectivity index (χ1) is 10.8. The van der Waals surface area contributed by atoms with Crippen LogP contribution in [-0.2, 0) is 11.3 Å². The molecule has 0 amide bonds. The summed E-state index contributed by atoms with van der Waals surface area (Å²) in [5, 5.41) is 0. The Kier molecular flexibility index (Phi) is 4.34. The third-order valence-electron chi connectivity index (χ3n) is 4.01. The summed E-state index contributed by atoms with van der Waals surface area (Å²) in [6.07, 6.45) is 2.69. The van der Waals surface area contributed by atoms with Gasteiger partial charge in [-0.05, 0) is 17.7 Å². The van der Waals surface area contributed by atoms with Crippen LogP contribution in [0.4, 0.5) is 11.5 Å². The van der Waals surface area contributed by atoms with E-state index < -0.39 is 0 Å². The predicted octanol–water partition coefficient (Wildman–Crippen LogP) is 1.55. The second-order valence-electron chi connectivity index (χ2n) is 5.56. The molecule has 1 atom stereocenters.